The first-order valence-electron chi connectivity index (χ1n) is 6.31. The summed E-state index contributed by atoms with van der Waals surface area (Å²) in [5, 5.41) is 6.44. The van der Waals surface area contributed by atoms with E-state index in [-0.39, 0.29) is 0 Å². The van der Waals surface area contributed by atoms with Crippen molar-refractivity contribution in [2.45, 2.75) is 31.5 Å². The highest BCUT2D eigenvalue weighted by Gasteiger charge is 2.30. The van der Waals surface area contributed by atoms with E-state index in [0.717, 1.165) is 25.1 Å². The number of anilines is 1. The van der Waals surface area contributed by atoms with Gasteiger partial charge >= 0.3 is 6.18 Å². The van der Waals surface area contributed by atoms with E-state index in [9.17, 15) is 13.2 Å². The first kappa shape index (κ1) is 14.7. The van der Waals surface area contributed by atoms with Crippen molar-refractivity contribution in [2.75, 3.05) is 18.4 Å². The van der Waals surface area contributed by atoms with Crippen molar-refractivity contribution in [1.29, 1.82) is 0 Å². The molecule has 0 spiro atoms. The van der Waals surface area contributed by atoms with Crippen molar-refractivity contribution in [1.82, 2.24) is 5.32 Å². The number of hydrogen-bond donors (Lipinski definition) is 2. The number of alkyl halides is 3. The fourth-order valence-corrected chi connectivity index (χ4v) is 2.56. The Labute approximate surface area is 118 Å². The number of hydrogen-bond acceptors (Lipinski definition) is 2. The van der Waals surface area contributed by atoms with Crippen molar-refractivity contribution in [3.05, 3.63) is 28.2 Å². The van der Waals surface area contributed by atoms with Gasteiger partial charge in [0.2, 0.25) is 0 Å². The normalized spacial score (nSPS) is 20.3. The summed E-state index contributed by atoms with van der Waals surface area (Å²) >= 11 is 3.27. The zero-order valence-electron chi connectivity index (χ0n) is 10.4. The highest BCUT2D eigenvalue weighted by molar-refractivity contribution is 9.10. The lowest BCUT2D eigenvalue weighted by atomic mass is 10.0. The number of benzene rings is 1. The van der Waals surface area contributed by atoms with Crippen LogP contribution >= 0.6 is 15.9 Å². The molecule has 0 saturated carbocycles. The van der Waals surface area contributed by atoms with Gasteiger partial charge in [0, 0.05) is 22.7 Å². The van der Waals surface area contributed by atoms with Crippen LogP contribution in [0.3, 0.4) is 0 Å². The second-order valence-corrected chi connectivity index (χ2v) is 5.57. The van der Waals surface area contributed by atoms with Crippen LogP contribution in [0.15, 0.2) is 22.7 Å². The number of piperidine rings is 1. The van der Waals surface area contributed by atoms with Crippen molar-refractivity contribution in [2.24, 2.45) is 0 Å². The maximum atomic E-state index is 12.6. The van der Waals surface area contributed by atoms with Gasteiger partial charge in [-0.15, -0.1) is 0 Å². The van der Waals surface area contributed by atoms with Crippen LogP contribution in [0.2, 0.25) is 0 Å². The van der Waals surface area contributed by atoms with Crippen molar-refractivity contribution >= 4 is 21.6 Å². The zero-order valence-corrected chi connectivity index (χ0v) is 11.9. The minimum absolute atomic E-state index is 0.329. The summed E-state index contributed by atoms with van der Waals surface area (Å²) in [7, 11) is 0. The van der Waals surface area contributed by atoms with Gasteiger partial charge < -0.3 is 10.6 Å². The van der Waals surface area contributed by atoms with E-state index in [1.807, 2.05) is 0 Å². The molecule has 1 heterocycles. The molecule has 1 aliphatic rings. The van der Waals surface area contributed by atoms with Crippen LogP contribution in [0, 0.1) is 0 Å². The average molecular weight is 337 g/mol. The molecule has 0 radical (unpaired) electrons. The highest BCUT2D eigenvalue weighted by atomic mass is 79.9. The third-order valence-electron chi connectivity index (χ3n) is 3.24. The molecule has 1 fully saturated rings. The molecule has 0 amide bonds. The minimum atomic E-state index is -4.31. The molecule has 0 aromatic heterocycles. The van der Waals surface area contributed by atoms with Gasteiger partial charge in [-0.1, -0.05) is 6.42 Å². The molecule has 1 unspecified atom stereocenters. The summed E-state index contributed by atoms with van der Waals surface area (Å²) < 4.78 is 38.6. The SMILES string of the molecule is FC(F)(F)c1ccc(Br)c(NCC2CCCCN2)c1. The largest absolute Gasteiger partial charge is 0.416 e. The number of halogens is 4. The topological polar surface area (TPSA) is 24.1 Å². The Morgan fingerprint density at radius 3 is 2.74 bits per heavy atom. The molecule has 106 valence electrons. The summed E-state index contributed by atoms with van der Waals surface area (Å²) in [5.41, 5.74) is -0.142. The second kappa shape index (κ2) is 6.13. The monoisotopic (exact) mass is 336 g/mol. The Morgan fingerprint density at radius 1 is 1.32 bits per heavy atom. The Hall–Kier alpha value is -0.750. The van der Waals surface area contributed by atoms with E-state index in [1.165, 1.54) is 18.9 Å². The molecule has 1 atom stereocenters. The van der Waals surface area contributed by atoms with Crippen LogP contribution in [-0.2, 0) is 6.18 Å². The van der Waals surface area contributed by atoms with Crippen molar-refractivity contribution in [3.63, 3.8) is 0 Å². The lowest BCUT2D eigenvalue weighted by Crippen LogP contribution is -2.39. The Bertz CT molecular complexity index is 428. The van der Waals surface area contributed by atoms with Crippen molar-refractivity contribution < 1.29 is 13.2 Å². The van der Waals surface area contributed by atoms with Crippen LogP contribution in [0.25, 0.3) is 0 Å². The van der Waals surface area contributed by atoms with Crippen molar-refractivity contribution in [3.8, 4) is 0 Å². The van der Waals surface area contributed by atoms with E-state index in [4.69, 9.17) is 0 Å². The zero-order chi connectivity index (χ0) is 13.9. The average Bonchev–Trinajstić information content (AvgIpc) is 2.37. The highest BCUT2D eigenvalue weighted by Crippen LogP contribution is 2.33. The molecule has 2 rings (SSSR count). The first-order valence-corrected chi connectivity index (χ1v) is 7.10. The molecule has 1 aliphatic heterocycles. The van der Waals surface area contributed by atoms with Gasteiger partial charge in [0.15, 0.2) is 0 Å². The maximum absolute atomic E-state index is 12.6. The maximum Gasteiger partial charge on any atom is 0.416 e. The second-order valence-electron chi connectivity index (χ2n) is 4.72. The van der Waals surface area contributed by atoms with Crippen LogP contribution in [0.5, 0.6) is 0 Å². The molecule has 2 N–H and O–H groups in total. The molecule has 2 nitrogen and oxygen atoms in total. The smallest absolute Gasteiger partial charge is 0.383 e. The molecule has 6 heteroatoms. The third-order valence-corrected chi connectivity index (χ3v) is 3.94. The summed E-state index contributed by atoms with van der Waals surface area (Å²) in [6, 6.07) is 3.98. The van der Waals surface area contributed by atoms with Gasteiger partial charge in [-0.05, 0) is 53.5 Å². The van der Waals surface area contributed by atoms with Crippen LogP contribution < -0.4 is 10.6 Å². The molecule has 0 aliphatic carbocycles. The third kappa shape index (κ3) is 4.11. The molecule has 0 bridgehead atoms. The Balaban J connectivity index is 2.02. The molecule has 1 aromatic carbocycles. The van der Waals surface area contributed by atoms with E-state index < -0.39 is 11.7 Å². The van der Waals surface area contributed by atoms with Gasteiger partial charge in [-0.2, -0.15) is 13.2 Å². The summed E-state index contributed by atoms with van der Waals surface area (Å²) in [5.74, 6) is 0. The molecule has 1 aromatic rings. The molecular formula is C13H16BrF3N2. The minimum Gasteiger partial charge on any atom is -0.383 e. The Morgan fingerprint density at radius 2 is 2.11 bits per heavy atom. The summed E-state index contributed by atoms with van der Waals surface area (Å²) in [4.78, 5) is 0. The fraction of sp³-hybridized carbons (Fsp3) is 0.538. The Kier molecular flexibility index (Phi) is 4.73. The van der Waals surface area contributed by atoms with E-state index >= 15 is 0 Å². The lowest BCUT2D eigenvalue weighted by molar-refractivity contribution is -0.137. The van der Waals surface area contributed by atoms with E-state index in [1.54, 1.807) is 0 Å². The first-order chi connectivity index (χ1) is 8.97. The standard InChI is InChI=1S/C13H16BrF3N2/c14-11-5-4-9(13(15,16)17)7-12(11)19-8-10-3-1-2-6-18-10/h4-5,7,10,18-19H,1-3,6,8H2. The molecular weight excluding hydrogens is 321 g/mol. The van der Waals surface area contributed by atoms with Gasteiger partial charge in [0.05, 0.1) is 5.56 Å². The lowest BCUT2D eigenvalue weighted by Gasteiger charge is -2.24. The predicted molar refractivity (Wildman–Crippen MR) is 73.3 cm³/mol. The van der Waals surface area contributed by atoms with Gasteiger partial charge in [0.25, 0.3) is 0 Å². The molecule has 1 saturated heterocycles. The quantitative estimate of drug-likeness (QED) is 0.871. The van der Waals surface area contributed by atoms with E-state index in [2.05, 4.69) is 26.6 Å². The number of nitrogens with one attached hydrogen (secondary N) is 2. The van der Waals surface area contributed by atoms with Gasteiger partial charge in [-0.25, -0.2) is 0 Å². The predicted octanol–water partition coefficient (Wildman–Crippen LogP) is 4.02. The van der Waals surface area contributed by atoms with Crippen LogP contribution in [0.4, 0.5) is 18.9 Å². The van der Waals surface area contributed by atoms with Gasteiger partial charge in [0.1, 0.15) is 0 Å². The van der Waals surface area contributed by atoms with Gasteiger partial charge in [-0.3, -0.25) is 0 Å². The molecule has 19 heavy (non-hydrogen) atoms. The number of rotatable bonds is 3. The van der Waals surface area contributed by atoms with Crippen LogP contribution in [0.1, 0.15) is 24.8 Å². The summed E-state index contributed by atoms with van der Waals surface area (Å²) in [6.07, 6.45) is -0.906. The summed E-state index contributed by atoms with van der Waals surface area (Å²) in [6.45, 7) is 1.62. The fourth-order valence-electron chi connectivity index (χ4n) is 2.17. The van der Waals surface area contributed by atoms with E-state index in [0.29, 0.717) is 22.7 Å². The van der Waals surface area contributed by atoms with Crippen LogP contribution in [-0.4, -0.2) is 19.1 Å².